The van der Waals surface area contributed by atoms with Gasteiger partial charge in [-0.3, -0.25) is 19.7 Å². The first-order chi connectivity index (χ1) is 44.1. The number of nitro benzene ring substituents is 1. The van der Waals surface area contributed by atoms with Crippen molar-refractivity contribution in [2.24, 2.45) is 0 Å². The van der Waals surface area contributed by atoms with Gasteiger partial charge in [0, 0.05) is 59.1 Å². The molecule has 0 spiro atoms. The Morgan fingerprint density at radius 2 is 1.01 bits per heavy atom. The Balaban J connectivity index is 0.000000149. The van der Waals surface area contributed by atoms with Crippen LogP contribution in [0, 0.1) is 10.1 Å². The number of nitrogens with two attached hydrogens (primary N) is 1. The Labute approximate surface area is 531 Å². The molecule has 1 amide bonds. The highest BCUT2D eigenvalue weighted by atomic mass is 35.5. The first-order valence-electron chi connectivity index (χ1n) is 30.5. The number of rotatable bonds is 8. The molecule has 8 aromatic rings. The number of aromatic nitrogens is 8. The SMILES string of the molecule is Nc1ccc(-n2cnc3c2CCCC3)c(C(F)(F)F)c1.O=C(CCc1ccc(C(F)(F)F)cc1)Nc1ccc(-n2cnc3c2CCCC3)c(C(F)(F)F)c1.O=C1CCCCC1Cl.O=[N+]([O-])c1ccc(-n2cnc3c2CCCC3)c(C(F)(F)F)c1.c1nc2c([nH]1)CCCC2. The lowest BCUT2D eigenvalue weighted by atomic mass is 9.99. The molecule has 1 unspecified atom stereocenters. The number of nitrogens with zero attached hydrogens (tertiary/aromatic N) is 8. The van der Waals surface area contributed by atoms with Crippen molar-refractivity contribution in [1.82, 2.24) is 38.6 Å². The number of aromatic amines is 1. The molecule has 5 aliphatic rings. The Kier molecular flexibility index (Phi) is 21.9. The zero-order valence-corrected chi connectivity index (χ0v) is 50.9. The summed E-state index contributed by atoms with van der Waals surface area (Å²) in [5, 5.41) is 13.0. The van der Waals surface area contributed by atoms with Crippen LogP contribution in [0.3, 0.4) is 0 Å². The topological polar surface area (TPSA) is 197 Å². The number of alkyl halides is 13. The van der Waals surface area contributed by atoms with Gasteiger partial charge in [-0.1, -0.05) is 18.6 Å². The van der Waals surface area contributed by atoms with E-state index in [4.69, 9.17) is 17.3 Å². The monoisotopic (exact) mass is 1330 g/mol. The van der Waals surface area contributed by atoms with Crippen LogP contribution in [0.5, 0.6) is 0 Å². The molecule has 15 nitrogen and oxygen atoms in total. The van der Waals surface area contributed by atoms with Gasteiger partial charge < -0.3 is 29.7 Å². The summed E-state index contributed by atoms with van der Waals surface area (Å²) in [6.45, 7) is 0. The molecule has 28 heteroatoms. The van der Waals surface area contributed by atoms with E-state index in [1.54, 1.807) is 10.9 Å². The Hall–Kier alpha value is -8.49. The van der Waals surface area contributed by atoms with Gasteiger partial charge in [-0.2, -0.15) is 52.7 Å². The van der Waals surface area contributed by atoms with Crippen molar-refractivity contribution in [3.63, 3.8) is 0 Å². The number of H-pyrrole nitrogens is 1. The molecule has 0 aliphatic heterocycles. The minimum absolute atomic E-state index is 0.0116. The van der Waals surface area contributed by atoms with Gasteiger partial charge in [-0.15, -0.1) is 11.6 Å². The van der Waals surface area contributed by atoms with Gasteiger partial charge in [0.2, 0.25) is 5.91 Å². The fourth-order valence-corrected chi connectivity index (χ4v) is 12.1. The zero-order chi connectivity index (χ0) is 66.8. The van der Waals surface area contributed by atoms with Crippen molar-refractivity contribution in [2.45, 2.75) is 171 Å². The van der Waals surface area contributed by atoms with Gasteiger partial charge >= 0.3 is 24.7 Å². The van der Waals surface area contributed by atoms with Crippen LogP contribution in [0.4, 0.5) is 69.7 Å². The highest BCUT2D eigenvalue weighted by Crippen LogP contribution is 2.41. The average Bonchev–Trinajstić information content (AvgIpc) is 1.75. The van der Waals surface area contributed by atoms with Gasteiger partial charge in [0.1, 0.15) is 0 Å². The molecule has 13 rings (SSSR count). The van der Waals surface area contributed by atoms with E-state index in [1.807, 2.05) is 0 Å². The zero-order valence-electron chi connectivity index (χ0n) is 50.2. The van der Waals surface area contributed by atoms with Crippen LogP contribution in [-0.2, 0) is 92.1 Å². The van der Waals surface area contributed by atoms with E-state index in [-0.39, 0.29) is 52.4 Å². The number of hydrogen-bond donors (Lipinski definition) is 3. The lowest BCUT2D eigenvalue weighted by Crippen LogP contribution is -2.18. The van der Waals surface area contributed by atoms with Crippen molar-refractivity contribution in [3.05, 3.63) is 188 Å². The van der Waals surface area contributed by atoms with E-state index in [0.717, 1.165) is 154 Å². The smallest absolute Gasteiger partial charge is 0.399 e. The van der Waals surface area contributed by atoms with Gasteiger partial charge in [-0.05, 0) is 182 Å². The fourth-order valence-electron chi connectivity index (χ4n) is 11.8. The lowest BCUT2D eigenvalue weighted by Gasteiger charge is -2.19. The number of anilines is 2. The predicted molar refractivity (Wildman–Crippen MR) is 323 cm³/mol. The normalized spacial score (nSPS) is 16.2. The minimum Gasteiger partial charge on any atom is -0.399 e. The predicted octanol–water partition coefficient (Wildman–Crippen LogP) is 16.4. The average molecular weight is 1330 g/mol. The summed E-state index contributed by atoms with van der Waals surface area (Å²) in [5.74, 6) is -0.307. The molecule has 1 fully saturated rings. The first-order valence-corrected chi connectivity index (χ1v) is 30.9. The lowest BCUT2D eigenvalue weighted by molar-refractivity contribution is -0.385. The van der Waals surface area contributed by atoms with E-state index >= 15 is 0 Å². The third kappa shape index (κ3) is 17.6. The quantitative estimate of drug-likeness (QED) is 0.0436. The Morgan fingerprint density at radius 1 is 0.559 bits per heavy atom. The van der Waals surface area contributed by atoms with Crippen LogP contribution in [0.2, 0.25) is 0 Å². The number of nitrogens with one attached hydrogen (secondary N) is 2. The highest BCUT2D eigenvalue weighted by Gasteiger charge is 2.39. The number of amides is 1. The number of ketones is 1. The summed E-state index contributed by atoms with van der Waals surface area (Å²) in [5.41, 5.74) is 9.60. The Morgan fingerprint density at radius 3 is 1.47 bits per heavy atom. The largest absolute Gasteiger partial charge is 0.418 e. The van der Waals surface area contributed by atoms with Crippen LogP contribution >= 0.6 is 11.6 Å². The van der Waals surface area contributed by atoms with E-state index in [9.17, 15) is 72.4 Å². The van der Waals surface area contributed by atoms with Crippen LogP contribution in [0.15, 0.2) is 104 Å². The first kappa shape index (κ1) is 68.9. The number of hydrogen-bond acceptors (Lipinski definition) is 9. The standard InChI is InChI=1S/C24H21F6N3O.C14H12F3N3O2.C14H14F3N3.C7H10N2.C6H9ClO/c25-23(26,27)16-8-5-15(6-9-16)7-12-22(34)32-17-10-11-20(18(13-17)24(28,29)30)33-14-31-19-3-1-2-4-21(19)33;15-14(16,17)10-7-9(20(21)22)5-6-12(10)19-8-18-11-3-1-2-4-13(11)19;15-14(16,17)10-7-9(18)5-6-12(10)20-8-19-11-3-1-2-4-13(11)20;1-2-4-7-6(3-1)8-5-9-7;7-5-3-1-2-4-6(5)8/h5-6,8-11,13-14H,1-4,7,12H2,(H,32,34);5-8H,1-4H2;5-8H,1-4,18H2;5H,1-4H2,(H,8,9);5H,1-4H2. The molecule has 0 saturated heterocycles. The minimum atomic E-state index is -4.67. The maximum Gasteiger partial charge on any atom is 0.418 e. The number of non-ortho nitro benzene ring substituents is 1. The van der Waals surface area contributed by atoms with Crippen LogP contribution in [-0.4, -0.2) is 60.6 Å². The summed E-state index contributed by atoms with van der Waals surface area (Å²) >= 11 is 5.62. The van der Waals surface area contributed by atoms with Crippen molar-refractivity contribution in [1.29, 1.82) is 0 Å². The number of Topliss-reactive ketones (excluding diaryl/α,β-unsaturated/α-hetero) is 1. The molecule has 1 saturated carbocycles. The summed E-state index contributed by atoms with van der Waals surface area (Å²) in [7, 11) is 0. The summed E-state index contributed by atoms with van der Waals surface area (Å²) in [6.07, 6.45) is 6.79. The molecule has 5 aliphatic carbocycles. The van der Waals surface area contributed by atoms with Gasteiger partial charge in [0.25, 0.3) is 5.69 Å². The molecule has 1 atom stereocenters. The molecule has 4 N–H and O–H groups in total. The van der Waals surface area contributed by atoms with E-state index in [1.165, 1.54) is 102 Å². The van der Waals surface area contributed by atoms with Gasteiger partial charge in [-0.25, -0.2) is 19.9 Å². The molecular formula is C65H66ClF12N11O4. The van der Waals surface area contributed by atoms with E-state index in [2.05, 4.69) is 30.2 Å². The second-order valence-electron chi connectivity index (χ2n) is 23.1. The molecule has 4 aromatic heterocycles. The highest BCUT2D eigenvalue weighted by molar-refractivity contribution is 6.31. The molecule has 0 radical (unpaired) electrons. The van der Waals surface area contributed by atoms with Crippen molar-refractivity contribution < 1.29 is 67.2 Å². The van der Waals surface area contributed by atoms with Gasteiger partial charge in [0.15, 0.2) is 5.78 Å². The third-order valence-electron chi connectivity index (χ3n) is 16.6. The van der Waals surface area contributed by atoms with E-state index < -0.39 is 63.5 Å². The van der Waals surface area contributed by atoms with Gasteiger partial charge in [0.05, 0.1) is 97.7 Å². The van der Waals surface area contributed by atoms with Crippen LogP contribution < -0.4 is 11.1 Å². The Bertz CT molecular complexity index is 3880. The molecular weight excluding hydrogens is 1260 g/mol. The van der Waals surface area contributed by atoms with Crippen molar-refractivity contribution in [2.75, 3.05) is 11.1 Å². The van der Waals surface area contributed by atoms with Crippen molar-refractivity contribution >= 4 is 40.4 Å². The van der Waals surface area contributed by atoms with Crippen molar-refractivity contribution in [3.8, 4) is 17.1 Å². The summed E-state index contributed by atoms with van der Waals surface area (Å²) in [4.78, 5) is 52.9. The molecule has 93 heavy (non-hydrogen) atoms. The second kappa shape index (κ2) is 29.6. The number of carbonyl (C=O) groups is 2. The van der Waals surface area contributed by atoms with E-state index in [0.29, 0.717) is 30.9 Å². The second-order valence-corrected chi connectivity index (χ2v) is 23.6. The number of fused-ring (bicyclic) bond motifs is 4. The number of aryl methyl sites for hydroxylation is 6. The third-order valence-corrected chi connectivity index (χ3v) is 17.0. The number of halogens is 13. The van der Waals surface area contributed by atoms with Crippen LogP contribution in [0.25, 0.3) is 17.1 Å². The summed E-state index contributed by atoms with van der Waals surface area (Å²) in [6, 6.07) is 14.7. The number of carbonyl (C=O) groups excluding carboxylic acids is 2. The summed E-state index contributed by atoms with van der Waals surface area (Å²) < 4.78 is 163. The van der Waals surface area contributed by atoms with Crippen LogP contribution in [0.1, 0.15) is 157 Å². The fraction of sp³-hybridized carbons (Fsp3) is 0.415. The number of nitro groups is 1. The molecule has 0 bridgehead atoms. The maximum atomic E-state index is 13.8. The molecule has 4 aromatic carbocycles. The number of nitrogen functional groups attached to an aromatic ring is 1. The molecule has 496 valence electrons. The number of benzene rings is 4. The molecule has 4 heterocycles. The maximum absolute atomic E-state index is 13.8. The number of imidazole rings is 4.